The third kappa shape index (κ3) is 32.5. The van der Waals surface area contributed by atoms with Gasteiger partial charge >= 0.3 is 0 Å². The maximum absolute atomic E-state index is 12.5. The molecule has 0 radical (unpaired) electrons. The van der Waals surface area contributed by atoms with Crippen molar-refractivity contribution < 1.29 is 67.8 Å². The zero-order chi connectivity index (χ0) is 94.0. The Morgan fingerprint density at radius 3 is 1.27 bits per heavy atom. The number of hydrogen-bond donors (Lipinski definition) is 17. The van der Waals surface area contributed by atoms with Crippen LogP contribution in [0.1, 0.15) is 224 Å². The highest BCUT2D eigenvalue weighted by Gasteiger charge is 2.27. The number of fused-ring (bicyclic) bond motifs is 2. The first-order chi connectivity index (χ1) is 60.7. The highest BCUT2D eigenvalue weighted by molar-refractivity contribution is 7.89. The van der Waals surface area contributed by atoms with Crippen LogP contribution < -0.4 is 60.8 Å². The van der Waals surface area contributed by atoms with Crippen molar-refractivity contribution in [2.45, 2.75) is 169 Å². The molecule has 10 aromatic carbocycles. The molecule has 28 nitrogen and oxygen atoms in total. The van der Waals surface area contributed by atoms with Crippen LogP contribution >= 0.6 is 0 Å². The number of sulfonamides is 1. The van der Waals surface area contributed by atoms with E-state index >= 15 is 0 Å². The Balaban J connectivity index is 0.000000213. The Bertz CT molecular complexity index is 5420. The maximum Gasteiger partial charge on any atom is 0.259 e. The van der Waals surface area contributed by atoms with Gasteiger partial charge in [0, 0.05) is 119 Å². The van der Waals surface area contributed by atoms with Gasteiger partial charge in [-0.25, -0.2) is 13.6 Å². The molecule has 12 rings (SSSR count). The number of hydrogen-bond acceptors (Lipinski definition) is 21. The van der Waals surface area contributed by atoms with E-state index < -0.39 is 15.9 Å². The summed E-state index contributed by atoms with van der Waals surface area (Å²) in [5, 5.41) is 78.1. The summed E-state index contributed by atoms with van der Waals surface area (Å²) >= 11 is 0. The van der Waals surface area contributed by atoms with E-state index in [2.05, 4.69) is 67.7 Å². The molecule has 6 amide bonds. The number of aryl methyl sites for hydroxylation is 2. The van der Waals surface area contributed by atoms with Crippen LogP contribution in [0.4, 0.5) is 45.5 Å². The molecule has 2 heterocycles. The number of phenolic OH excluding ortho intramolecular Hbond substituents is 6. The van der Waals surface area contributed by atoms with Gasteiger partial charge in [0.1, 0.15) is 34.5 Å². The smallest absolute Gasteiger partial charge is 0.259 e. The summed E-state index contributed by atoms with van der Waals surface area (Å²) < 4.78 is 22.5. The first-order valence-corrected chi connectivity index (χ1v) is 45.3. The van der Waals surface area contributed by atoms with Crippen molar-refractivity contribution in [2.24, 2.45) is 22.4 Å². The normalized spacial score (nSPS) is 12.9. The summed E-state index contributed by atoms with van der Waals surface area (Å²) in [6, 6.07) is 46.4. The Morgan fingerprint density at radius 1 is 0.445 bits per heavy atom. The van der Waals surface area contributed by atoms with Gasteiger partial charge in [-0.2, -0.15) is 0 Å². The van der Waals surface area contributed by atoms with E-state index in [9.17, 15) is 67.8 Å². The van der Waals surface area contributed by atoms with Crippen molar-refractivity contribution in [1.29, 1.82) is 0 Å². The predicted molar refractivity (Wildman–Crippen MR) is 516 cm³/mol. The summed E-state index contributed by atoms with van der Waals surface area (Å²) in [4.78, 5) is 79.0. The van der Waals surface area contributed by atoms with E-state index in [1.54, 1.807) is 70.5 Å². The second-order valence-corrected chi connectivity index (χ2v) is 35.8. The standard InChI is InChI=1S/C27H42N2O2.C17H15N3O4S.C15H16N2O2.C15H24N2O2.C13H18N2O2.C12H17N3O2/c1-2-3-4-5-6-7-8-9-10-11-12-13-14-17-20-29-27(31)24-21-25(28)22-18-15-16-19-23(22)26(24)30;18-15-9-14(16(21)13-4-2-1-3-12(13)15)17(22)20-10-5-7-11(8-6-10)25(19,23)24;1-9-3-4-10(2)13(7-9)17-15(19)12-8-11(16)5-6-14(12)18;1-10(8-15(2,3)4)9-17-14(19)12-7-11(16)5-6-13(12)18;1-9-4-6-15(7-5-9)13(17)11-8-10(14)2-3-12(11)16;1-14-4-6-15(7-5-14)12(17)10-8-9(13)2-3-11(10)16/h15-16,18-19,21,30H,2-14,17,20,28H2,1H3,(H,29,31);1-9,21H,18H2,(H,20,22)(H2,19,23,24);3-8,18H,16H2,1-2H3,(H,17,19);5-7,10,18H,8-9,16H2,1-4H3,(H,17,19);2-3,8-9,16H,4-7,14H2,1H3;2-3,8,16H,4-7,13H2,1H3. The van der Waals surface area contributed by atoms with Crippen LogP contribution in [0.3, 0.4) is 0 Å². The molecule has 2 aliphatic heterocycles. The molecule has 2 saturated heterocycles. The lowest BCUT2D eigenvalue weighted by atomic mass is 9.85. The number of likely N-dealkylation sites (tertiary alicyclic amines) is 1. The van der Waals surface area contributed by atoms with Crippen molar-refractivity contribution in [2.75, 3.05) is 104 Å². The molecule has 0 aliphatic carbocycles. The lowest BCUT2D eigenvalue weighted by molar-refractivity contribution is 0.0659. The summed E-state index contributed by atoms with van der Waals surface area (Å²) in [5.41, 5.74) is 41.9. The summed E-state index contributed by atoms with van der Waals surface area (Å²) in [5.74, 6) is -1.03. The number of piperidine rings is 1. The van der Waals surface area contributed by atoms with E-state index in [0.717, 1.165) is 80.5 Å². The predicted octanol–water partition coefficient (Wildman–Crippen LogP) is 17.2. The third-order valence-electron chi connectivity index (χ3n) is 21.9. The van der Waals surface area contributed by atoms with E-state index in [1.165, 1.54) is 156 Å². The number of likely N-dealkylation sites (N-methyl/N-ethyl adjacent to an activating group) is 1. The second-order valence-electron chi connectivity index (χ2n) is 34.2. The molecule has 2 aliphatic rings. The molecule has 0 saturated carbocycles. The quantitative estimate of drug-likeness (QED) is 0.0129. The SMILES string of the molecule is CC(CNC(=O)c1cc(N)ccc1O)CC(C)(C)C.CC1CCN(C(=O)c2cc(N)ccc2O)CC1.CCCCCCCCCCCCCCCCNC(=O)c1cc(N)c2ccccc2c1O.CN1CCN(C(=O)c2cc(N)ccc2O)CC1.Cc1ccc(C)c(NC(=O)c2cc(N)ccc2O)c1.Nc1cc(C(=O)Nc2ccc(S(N)(=O)=O)cc2)c(O)c2ccccc12. The number of primary sulfonamides is 1. The van der Waals surface area contributed by atoms with Crippen LogP contribution in [0.2, 0.25) is 0 Å². The maximum atomic E-state index is 12.5. The fraction of sp³-hybridized carbons (Fsp3) is 0.374. The summed E-state index contributed by atoms with van der Waals surface area (Å²) in [7, 11) is -1.78. The van der Waals surface area contributed by atoms with Crippen LogP contribution in [-0.4, -0.2) is 149 Å². The van der Waals surface area contributed by atoms with Gasteiger partial charge in [0.05, 0.1) is 38.3 Å². The highest BCUT2D eigenvalue weighted by atomic mass is 32.2. The average molecular weight is 1770 g/mol. The largest absolute Gasteiger partial charge is 0.507 e. The lowest BCUT2D eigenvalue weighted by Crippen LogP contribution is -2.47. The number of nitrogens with two attached hydrogens (primary N) is 7. The molecule has 0 spiro atoms. The van der Waals surface area contributed by atoms with Crippen LogP contribution in [0.5, 0.6) is 34.5 Å². The molecule has 1 atom stereocenters. The number of carbonyl (C=O) groups is 6. The monoisotopic (exact) mass is 1770 g/mol. The van der Waals surface area contributed by atoms with E-state index in [-0.39, 0.29) is 102 Å². The Hall–Kier alpha value is -13.0. The fourth-order valence-corrected chi connectivity index (χ4v) is 15.2. The first-order valence-electron chi connectivity index (χ1n) is 43.7. The average Bonchev–Trinajstić information content (AvgIpc) is 0.790. The molecule has 688 valence electrons. The highest BCUT2D eigenvalue weighted by Crippen LogP contribution is 2.37. The minimum Gasteiger partial charge on any atom is -0.507 e. The van der Waals surface area contributed by atoms with Crippen molar-refractivity contribution in [1.82, 2.24) is 25.3 Å². The molecule has 24 N–H and O–H groups in total. The number of amides is 6. The molecule has 2 fully saturated rings. The molecule has 1 unspecified atom stereocenters. The number of nitrogens with zero attached hydrogens (tertiary/aromatic N) is 3. The molecule has 0 aromatic heterocycles. The molecule has 0 bridgehead atoms. The van der Waals surface area contributed by atoms with Gasteiger partial charge in [0.2, 0.25) is 10.0 Å². The Morgan fingerprint density at radius 2 is 0.828 bits per heavy atom. The minimum atomic E-state index is -3.81. The summed E-state index contributed by atoms with van der Waals surface area (Å²) in [6.45, 7) is 22.8. The van der Waals surface area contributed by atoms with Crippen molar-refractivity contribution in [3.05, 3.63) is 220 Å². The van der Waals surface area contributed by atoms with Gasteiger partial charge in [-0.15, -0.1) is 0 Å². The molecule has 10 aromatic rings. The van der Waals surface area contributed by atoms with Gasteiger partial charge in [-0.3, -0.25) is 28.8 Å². The van der Waals surface area contributed by atoms with Crippen LogP contribution in [0.25, 0.3) is 21.5 Å². The number of rotatable bonds is 27. The third-order valence-corrected chi connectivity index (χ3v) is 22.9. The minimum absolute atomic E-state index is 0.00261. The van der Waals surface area contributed by atoms with Crippen molar-refractivity contribution in [3.8, 4) is 34.5 Å². The van der Waals surface area contributed by atoms with Crippen molar-refractivity contribution in [3.63, 3.8) is 0 Å². The van der Waals surface area contributed by atoms with Gasteiger partial charge in [-0.1, -0.05) is 186 Å². The molecular formula is C99H132N14O14S. The molecular weight excluding hydrogens is 1640 g/mol. The number of carbonyl (C=O) groups excluding carboxylic acids is 6. The number of phenols is 6. The zero-order valence-electron chi connectivity index (χ0n) is 75.3. The number of nitrogens with one attached hydrogen (secondary N) is 4. The number of aromatic hydroxyl groups is 6. The van der Waals surface area contributed by atoms with Gasteiger partial charge in [0.15, 0.2) is 0 Å². The Labute approximate surface area is 752 Å². The van der Waals surface area contributed by atoms with Gasteiger partial charge < -0.3 is 101 Å². The number of piperazine rings is 1. The molecule has 128 heavy (non-hydrogen) atoms. The molecule has 29 heteroatoms. The lowest BCUT2D eigenvalue weighted by Gasteiger charge is -2.32. The summed E-state index contributed by atoms with van der Waals surface area (Å²) in [6.07, 6.45) is 21.5. The number of anilines is 8. The number of benzene rings is 10. The van der Waals surface area contributed by atoms with Crippen LogP contribution in [0.15, 0.2) is 181 Å². The number of nitrogen functional groups attached to an aromatic ring is 6. The first kappa shape index (κ1) is 102. The van der Waals surface area contributed by atoms with Gasteiger partial charge in [0.25, 0.3) is 35.4 Å². The second kappa shape index (κ2) is 49.8. The van der Waals surface area contributed by atoms with Crippen LogP contribution in [-0.2, 0) is 10.0 Å². The fourth-order valence-electron chi connectivity index (χ4n) is 14.7. The zero-order valence-corrected chi connectivity index (χ0v) is 76.1. The van der Waals surface area contributed by atoms with Gasteiger partial charge in [-0.05, 0) is 190 Å². The van der Waals surface area contributed by atoms with Crippen LogP contribution in [0, 0.1) is 31.1 Å². The Kier molecular flexibility index (Phi) is 39.7. The van der Waals surface area contributed by atoms with E-state index in [1.807, 2.05) is 57.3 Å². The van der Waals surface area contributed by atoms with Crippen molar-refractivity contribution >= 4 is 113 Å². The topological polar surface area (TPSA) is 498 Å². The van der Waals surface area contributed by atoms with E-state index in [0.29, 0.717) is 99.5 Å². The number of unbranched alkanes of at least 4 members (excludes halogenated alkanes) is 13. The van der Waals surface area contributed by atoms with E-state index in [4.69, 9.17) is 39.5 Å².